The Morgan fingerprint density at radius 2 is 1.78 bits per heavy atom. The molecule has 0 saturated carbocycles. The molecule has 0 fully saturated rings. The number of halogens is 1. The third kappa shape index (κ3) is 4.09. The van der Waals surface area contributed by atoms with Crippen LogP contribution in [0.15, 0.2) is 40.8 Å². The fraction of sp³-hybridized carbons (Fsp3) is 0.286. The second-order valence-electron chi connectivity index (χ2n) is 4.03. The van der Waals surface area contributed by atoms with Crippen LogP contribution in [0.1, 0.15) is 17.1 Å². The van der Waals surface area contributed by atoms with Crippen molar-refractivity contribution in [3.63, 3.8) is 0 Å². The van der Waals surface area contributed by atoms with E-state index in [1.807, 2.05) is 36.4 Å². The molecule has 0 bridgehead atoms. The van der Waals surface area contributed by atoms with Crippen molar-refractivity contribution in [3.8, 4) is 0 Å². The average molecular weight is 282 g/mol. The molecule has 18 heavy (non-hydrogen) atoms. The van der Waals surface area contributed by atoms with E-state index in [-0.39, 0.29) is 0 Å². The van der Waals surface area contributed by atoms with Gasteiger partial charge in [-0.15, -0.1) is 0 Å². The third-order valence-corrected chi connectivity index (χ3v) is 3.37. The quantitative estimate of drug-likeness (QED) is 0.863. The highest BCUT2D eigenvalue weighted by Gasteiger charge is 2.01. The van der Waals surface area contributed by atoms with Gasteiger partial charge in [0.05, 0.1) is 12.3 Å². The molecule has 96 valence electrons. The molecule has 0 spiro atoms. The van der Waals surface area contributed by atoms with Crippen molar-refractivity contribution in [2.45, 2.75) is 18.8 Å². The Morgan fingerprint density at radius 1 is 1.06 bits per heavy atom. The summed E-state index contributed by atoms with van der Waals surface area (Å²) in [6.07, 6.45) is 2.07. The second kappa shape index (κ2) is 6.88. The first-order valence-corrected chi connectivity index (χ1v) is 7.57. The topological polar surface area (TPSA) is 25.2 Å². The Morgan fingerprint density at radius 3 is 2.50 bits per heavy atom. The van der Waals surface area contributed by atoms with Crippen molar-refractivity contribution in [2.75, 3.05) is 6.26 Å². The van der Waals surface area contributed by atoms with Crippen LogP contribution in [0.25, 0.3) is 0 Å². The molecule has 1 aromatic heterocycles. The predicted molar refractivity (Wildman–Crippen MR) is 77.9 cm³/mol. The van der Waals surface area contributed by atoms with Crippen LogP contribution in [-0.4, -0.2) is 6.26 Å². The molecule has 0 unspecified atom stereocenters. The van der Waals surface area contributed by atoms with Crippen LogP contribution < -0.4 is 5.32 Å². The molecule has 1 N–H and O–H groups in total. The summed E-state index contributed by atoms with van der Waals surface area (Å²) in [5, 5.41) is 4.12. The number of nitrogens with one attached hydrogen (secondary N) is 1. The summed E-state index contributed by atoms with van der Waals surface area (Å²) >= 11 is 7.60. The zero-order valence-corrected chi connectivity index (χ0v) is 11.9. The highest BCUT2D eigenvalue weighted by Crippen LogP contribution is 2.13. The maximum atomic E-state index is 5.84. The lowest BCUT2D eigenvalue weighted by Crippen LogP contribution is -2.11. The van der Waals surface area contributed by atoms with E-state index in [2.05, 4.69) is 11.6 Å². The van der Waals surface area contributed by atoms with Gasteiger partial charge >= 0.3 is 0 Å². The van der Waals surface area contributed by atoms with Gasteiger partial charge in [0.25, 0.3) is 0 Å². The van der Waals surface area contributed by atoms with Gasteiger partial charge in [-0.2, -0.15) is 11.8 Å². The fourth-order valence-corrected chi connectivity index (χ4v) is 2.24. The van der Waals surface area contributed by atoms with Crippen LogP contribution in [-0.2, 0) is 18.8 Å². The lowest BCUT2D eigenvalue weighted by atomic mass is 10.2. The first-order valence-electron chi connectivity index (χ1n) is 5.79. The van der Waals surface area contributed by atoms with Gasteiger partial charge in [-0.3, -0.25) is 0 Å². The molecule has 1 heterocycles. The number of thioether (sulfide) groups is 1. The zero-order chi connectivity index (χ0) is 12.8. The van der Waals surface area contributed by atoms with E-state index in [1.54, 1.807) is 11.8 Å². The summed E-state index contributed by atoms with van der Waals surface area (Å²) in [4.78, 5) is 0. The Labute approximate surface area is 117 Å². The standard InChI is InChI=1S/C14H16ClNOS/c1-18-10-14-7-6-13(17-14)9-16-8-11-2-4-12(15)5-3-11/h2-7,16H,8-10H2,1H3. The number of furan rings is 1. The van der Waals surface area contributed by atoms with E-state index >= 15 is 0 Å². The van der Waals surface area contributed by atoms with Crippen LogP contribution in [0.3, 0.4) is 0 Å². The highest BCUT2D eigenvalue weighted by atomic mass is 35.5. The van der Waals surface area contributed by atoms with Crippen molar-refractivity contribution in [3.05, 3.63) is 58.5 Å². The molecule has 0 radical (unpaired) electrons. The molecule has 0 aliphatic heterocycles. The number of hydrogen-bond acceptors (Lipinski definition) is 3. The number of benzene rings is 1. The lowest BCUT2D eigenvalue weighted by Gasteiger charge is -2.03. The molecule has 2 nitrogen and oxygen atoms in total. The lowest BCUT2D eigenvalue weighted by molar-refractivity contribution is 0.459. The van der Waals surface area contributed by atoms with Gasteiger partial charge in [0.1, 0.15) is 11.5 Å². The minimum absolute atomic E-state index is 0.747. The summed E-state index contributed by atoms with van der Waals surface area (Å²) in [5.41, 5.74) is 1.22. The van der Waals surface area contributed by atoms with Gasteiger partial charge in [-0.05, 0) is 36.1 Å². The number of rotatable bonds is 6. The van der Waals surface area contributed by atoms with E-state index < -0.39 is 0 Å². The molecule has 0 saturated heterocycles. The first kappa shape index (κ1) is 13.5. The molecular weight excluding hydrogens is 266 g/mol. The molecule has 4 heteroatoms. The van der Waals surface area contributed by atoms with Gasteiger partial charge < -0.3 is 9.73 Å². The zero-order valence-electron chi connectivity index (χ0n) is 10.3. The van der Waals surface area contributed by atoms with Crippen LogP contribution in [0.5, 0.6) is 0 Å². The van der Waals surface area contributed by atoms with E-state index in [1.165, 1.54) is 5.56 Å². The van der Waals surface area contributed by atoms with E-state index in [9.17, 15) is 0 Å². The Bertz CT molecular complexity index is 481. The van der Waals surface area contributed by atoms with Gasteiger partial charge in [0.2, 0.25) is 0 Å². The molecule has 1 aromatic carbocycles. The minimum Gasteiger partial charge on any atom is -0.464 e. The monoisotopic (exact) mass is 281 g/mol. The summed E-state index contributed by atoms with van der Waals surface area (Å²) in [6, 6.07) is 11.9. The minimum atomic E-state index is 0.747. The van der Waals surface area contributed by atoms with Crippen molar-refractivity contribution < 1.29 is 4.42 Å². The largest absolute Gasteiger partial charge is 0.464 e. The normalized spacial score (nSPS) is 10.8. The Hall–Kier alpha value is -0.900. The molecular formula is C14H16ClNOS. The van der Waals surface area contributed by atoms with Gasteiger partial charge in [0, 0.05) is 11.6 Å². The van der Waals surface area contributed by atoms with Crippen LogP contribution >= 0.6 is 23.4 Å². The van der Waals surface area contributed by atoms with Crippen molar-refractivity contribution in [2.24, 2.45) is 0 Å². The molecule has 0 aliphatic rings. The van der Waals surface area contributed by atoms with Gasteiger partial charge in [-0.1, -0.05) is 23.7 Å². The SMILES string of the molecule is CSCc1ccc(CNCc2ccc(Cl)cc2)o1. The average Bonchev–Trinajstić information content (AvgIpc) is 2.80. The molecule has 0 aliphatic carbocycles. The fourth-order valence-electron chi connectivity index (χ4n) is 1.67. The summed E-state index contributed by atoms with van der Waals surface area (Å²) in [5.74, 6) is 2.94. The summed E-state index contributed by atoms with van der Waals surface area (Å²) in [6.45, 7) is 1.56. The third-order valence-electron chi connectivity index (χ3n) is 2.55. The van der Waals surface area contributed by atoms with E-state index in [0.29, 0.717) is 0 Å². The van der Waals surface area contributed by atoms with Crippen LogP contribution in [0.4, 0.5) is 0 Å². The second-order valence-corrected chi connectivity index (χ2v) is 5.33. The molecule has 0 amide bonds. The van der Waals surface area contributed by atoms with Gasteiger partial charge in [-0.25, -0.2) is 0 Å². The molecule has 0 atom stereocenters. The maximum absolute atomic E-state index is 5.84. The maximum Gasteiger partial charge on any atom is 0.118 e. The molecule has 2 aromatic rings. The van der Waals surface area contributed by atoms with Crippen LogP contribution in [0, 0.1) is 0 Å². The molecule has 2 rings (SSSR count). The summed E-state index contributed by atoms with van der Waals surface area (Å²) < 4.78 is 5.68. The highest BCUT2D eigenvalue weighted by molar-refractivity contribution is 7.97. The number of hydrogen-bond donors (Lipinski definition) is 1. The van der Waals surface area contributed by atoms with Crippen LogP contribution in [0.2, 0.25) is 5.02 Å². The van der Waals surface area contributed by atoms with Crippen molar-refractivity contribution in [1.29, 1.82) is 0 Å². The van der Waals surface area contributed by atoms with E-state index in [0.717, 1.165) is 35.4 Å². The Balaban J connectivity index is 1.79. The smallest absolute Gasteiger partial charge is 0.118 e. The Kier molecular flexibility index (Phi) is 5.17. The first-order chi connectivity index (χ1) is 8.78. The van der Waals surface area contributed by atoms with E-state index in [4.69, 9.17) is 16.0 Å². The van der Waals surface area contributed by atoms with Crippen molar-refractivity contribution in [1.82, 2.24) is 5.32 Å². The summed E-state index contributed by atoms with van der Waals surface area (Å²) in [7, 11) is 0. The predicted octanol–water partition coefficient (Wildman–Crippen LogP) is 4.09. The van der Waals surface area contributed by atoms with Gasteiger partial charge in [0.15, 0.2) is 0 Å². The van der Waals surface area contributed by atoms with Crippen molar-refractivity contribution >= 4 is 23.4 Å².